The number of carbonyl (C=O) groups excluding carboxylic acids is 2. The van der Waals surface area contributed by atoms with Gasteiger partial charge in [0.05, 0.1) is 17.1 Å². The molecule has 1 N–H and O–H groups in total. The number of thiazole rings is 1. The van der Waals surface area contributed by atoms with Gasteiger partial charge in [-0.3, -0.25) is 9.59 Å². The van der Waals surface area contributed by atoms with Crippen LogP contribution in [0.25, 0.3) is 0 Å². The average molecular weight is 310 g/mol. The molecule has 1 amide bonds. The summed E-state index contributed by atoms with van der Waals surface area (Å²) in [5.74, 6) is -0.125. The van der Waals surface area contributed by atoms with E-state index in [9.17, 15) is 9.59 Å². The molecule has 1 aromatic rings. The molecular formula is C15H22N2O3S. The van der Waals surface area contributed by atoms with Crippen molar-refractivity contribution >= 4 is 23.2 Å². The van der Waals surface area contributed by atoms with Gasteiger partial charge in [-0.1, -0.05) is 19.8 Å². The quantitative estimate of drug-likeness (QED) is 0.847. The summed E-state index contributed by atoms with van der Waals surface area (Å²) in [5.41, 5.74) is 0.698. The first-order valence-corrected chi connectivity index (χ1v) is 8.28. The Morgan fingerprint density at radius 1 is 1.43 bits per heavy atom. The summed E-state index contributed by atoms with van der Waals surface area (Å²) < 4.78 is 5.01. The molecule has 116 valence electrons. The summed E-state index contributed by atoms with van der Waals surface area (Å²) in [6.07, 6.45) is 4.66. The number of amides is 1. The van der Waals surface area contributed by atoms with Gasteiger partial charge in [-0.25, -0.2) is 4.98 Å². The molecule has 0 aromatic carbocycles. The minimum absolute atomic E-state index is 0.122. The first kappa shape index (κ1) is 15.9. The van der Waals surface area contributed by atoms with Crippen molar-refractivity contribution in [1.82, 2.24) is 10.3 Å². The van der Waals surface area contributed by atoms with Gasteiger partial charge in [0, 0.05) is 11.4 Å². The van der Waals surface area contributed by atoms with Crippen LogP contribution in [0.15, 0.2) is 5.38 Å². The van der Waals surface area contributed by atoms with Crippen LogP contribution in [0.1, 0.15) is 43.3 Å². The molecule has 1 aliphatic rings. The fourth-order valence-corrected chi connectivity index (χ4v) is 3.23. The van der Waals surface area contributed by atoms with Crippen LogP contribution in [0, 0.1) is 12.8 Å². The molecule has 0 unspecified atom stereocenters. The number of hydrogen-bond donors (Lipinski definition) is 1. The Kier molecular flexibility index (Phi) is 5.73. The van der Waals surface area contributed by atoms with Crippen LogP contribution in [0.3, 0.4) is 0 Å². The van der Waals surface area contributed by atoms with Gasteiger partial charge in [0.15, 0.2) is 6.61 Å². The van der Waals surface area contributed by atoms with Crippen LogP contribution in [-0.4, -0.2) is 29.5 Å². The van der Waals surface area contributed by atoms with E-state index >= 15 is 0 Å². The van der Waals surface area contributed by atoms with Gasteiger partial charge in [-0.15, -0.1) is 11.3 Å². The third kappa shape index (κ3) is 5.12. The summed E-state index contributed by atoms with van der Waals surface area (Å²) in [7, 11) is 0. The summed E-state index contributed by atoms with van der Waals surface area (Å²) in [6.45, 7) is 3.84. The highest BCUT2D eigenvalue weighted by Crippen LogP contribution is 2.23. The van der Waals surface area contributed by atoms with Crippen LogP contribution in [0.4, 0.5) is 0 Å². The van der Waals surface area contributed by atoms with E-state index in [0.717, 1.165) is 24.3 Å². The van der Waals surface area contributed by atoms with Crippen molar-refractivity contribution in [3.8, 4) is 0 Å². The molecule has 2 rings (SSSR count). The third-order valence-electron chi connectivity index (χ3n) is 3.81. The van der Waals surface area contributed by atoms with E-state index in [0.29, 0.717) is 11.6 Å². The zero-order valence-corrected chi connectivity index (χ0v) is 13.4. The van der Waals surface area contributed by atoms with Crippen LogP contribution in [0.2, 0.25) is 0 Å². The molecule has 5 nitrogen and oxygen atoms in total. The van der Waals surface area contributed by atoms with Crippen molar-refractivity contribution in [3.63, 3.8) is 0 Å². The number of esters is 1. The molecule has 1 fully saturated rings. The Hall–Kier alpha value is -1.43. The first-order chi connectivity index (χ1) is 10.0. The van der Waals surface area contributed by atoms with Gasteiger partial charge >= 0.3 is 5.97 Å². The largest absolute Gasteiger partial charge is 0.455 e. The molecule has 0 radical (unpaired) electrons. The Bertz CT molecular complexity index is 501. The second-order valence-electron chi connectivity index (χ2n) is 5.63. The molecule has 1 saturated carbocycles. The number of nitrogens with zero attached hydrogens (tertiary/aromatic N) is 1. The Morgan fingerprint density at radius 2 is 2.19 bits per heavy atom. The monoisotopic (exact) mass is 310 g/mol. The van der Waals surface area contributed by atoms with E-state index in [1.807, 2.05) is 12.3 Å². The van der Waals surface area contributed by atoms with Gasteiger partial charge in [0.25, 0.3) is 5.91 Å². The molecule has 21 heavy (non-hydrogen) atoms. The normalized spacial score (nSPS) is 21.8. The van der Waals surface area contributed by atoms with E-state index in [2.05, 4.69) is 17.2 Å². The van der Waals surface area contributed by atoms with Crippen LogP contribution in [0.5, 0.6) is 0 Å². The second-order valence-corrected chi connectivity index (χ2v) is 6.69. The number of rotatable bonds is 5. The van der Waals surface area contributed by atoms with Gasteiger partial charge in [-0.2, -0.15) is 0 Å². The maximum atomic E-state index is 11.8. The summed E-state index contributed by atoms with van der Waals surface area (Å²) in [5, 5.41) is 5.71. The molecule has 0 bridgehead atoms. The Balaban J connectivity index is 1.69. The van der Waals surface area contributed by atoms with Crippen molar-refractivity contribution in [2.24, 2.45) is 5.92 Å². The molecule has 2 atom stereocenters. The van der Waals surface area contributed by atoms with E-state index < -0.39 is 5.97 Å². The minimum atomic E-state index is -0.410. The van der Waals surface area contributed by atoms with Crippen molar-refractivity contribution in [3.05, 3.63) is 16.1 Å². The zero-order valence-electron chi connectivity index (χ0n) is 12.6. The number of aromatic nitrogens is 1. The standard InChI is InChI=1S/C15H22N2O3S/c1-10-5-3-4-6-13(10)17-14(18)8-20-15(19)7-12-9-21-11(2)16-12/h9-10,13H,3-8H2,1-2H3,(H,17,18)/t10-,13+/m0/s1. The number of nitrogens with one attached hydrogen (secondary N) is 1. The molecule has 6 heteroatoms. The van der Waals surface area contributed by atoms with E-state index in [-0.39, 0.29) is 25.0 Å². The van der Waals surface area contributed by atoms with E-state index in [1.54, 1.807) is 0 Å². The lowest BCUT2D eigenvalue weighted by Crippen LogP contribution is -2.42. The Labute approximate surface area is 129 Å². The van der Waals surface area contributed by atoms with Crippen molar-refractivity contribution in [2.45, 2.75) is 52.0 Å². The minimum Gasteiger partial charge on any atom is -0.455 e. The van der Waals surface area contributed by atoms with Gasteiger partial charge in [0.1, 0.15) is 0 Å². The highest BCUT2D eigenvalue weighted by molar-refractivity contribution is 7.09. The summed E-state index contributed by atoms with van der Waals surface area (Å²) >= 11 is 1.50. The molecule has 0 aliphatic heterocycles. The number of carbonyl (C=O) groups is 2. The Morgan fingerprint density at radius 3 is 2.86 bits per heavy atom. The lowest BCUT2D eigenvalue weighted by molar-refractivity contribution is -0.148. The fourth-order valence-electron chi connectivity index (χ4n) is 2.61. The molecule has 0 spiro atoms. The molecule has 1 heterocycles. The maximum absolute atomic E-state index is 11.8. The van der Waals surface area contributed by atoms with Crippen LogP contribution in [-0.2, 0) is 20.7 Å². The maximum Gasteiger partial charge on any atom is 0.312 e. The third-order valence-corrected chi connectivity index (χ3v) is 4.64. The molecule has 0 saturated heterocycles. The summed E-state index contributed by atoms with van der Waals surface area (Å²) in [4.78, 5) is 27.7. The molecule has 1 aromatic heterocycles. The lowest BCUT2D eigenvalue weighted by atomic mass is 9.86. The zero-order chi connectivity index (χ0) is 15.2. The van der Waals surface area contributed by atoms with Crippen molar-refractivity contribution in [1.29, 1.82) is 0 Å². The average Bonchev–Trinajstić information content (AvgIpc) is 2.84. The first-order valence-electron chi connectivity index (χ1n) is 7.40. The number of aryl methyl sites for hydroxylation is 1. The molecule has 1 aliphatic carbocycles. The van der Waals surface area contributed by atoms with Crippen LogP contribution >= 0.6 is 11.3 Å². The van der Waals surface area contributed by atoms with Gasteiger partial charge < -0.3 is 10.1 Å². The van der Waals surface area contributed by atoms with E-state index in [4.69, 9.17) is 4.74 Å². The highest BCUT2D eigenvalue weighted by Gasteiger charge is 2.23. The van der Waals surface area contributed by atoms with Gasteiger partial charge in [-0.05, 0) is 25.7 Å². The van der Waals surface area contributed by atoms with E-state index in [1.165, 1.54) is 17.8 Å². The smallest absolute Gasteiger partial charge is 0.312 e. The van der Waals surface area contributed by atoms with Crippen molar-refractivity contribution < 1.29 is 14.3 Å². The predicted molar refractivity (Wildman–Crippen MR) is 81.1 cm³/mol. The second kappa shape index (κ2) is 7.54. The number of ether oxygens (including phenoxy) is 1. The highest BCUT2D eigenvalue weighted by atomic mass is 32.1. The molecular weight excluding hydrogens is 288 g/mol. The fraction of sp³-hybridized carbons (Fsp3) is 0.667. The van der Waals surface area contributed by atoms with Gasteiger partial charge in [0.2, 0.25) is 0 Å². The lowest BCUT2D eigenvalue weighted by Gasteiger charge is -2.29. The SMILES string of the molecule is Cc1nc(CC(=O)OCC(=O)N[C@@H]2CCCC[C@@H]2C)cs1. The topological polar surface area (TPSA) is 68.3 Å². The van der Waals surface area contributed by atoms with Crippen LogP contribution < -0.4 is 5.32 Å². The number of hydrogen-bond acceptors (Lipinski definition) is 5. The predicted octanol–water partition coefficient (Wildman–Crippen LogP) is 2.23. The van der Waals surface area contributed by atoms with Crippen molar-refractivity contribution in [2.75, 3.05) is 6.61 Å². The summed E-state index contributed by atoms with van der Waals surface area (Å²) in [6, 6.07) is 0.214.